The molecule has 9 nitrogen and oxygen atoms in total. The SMILES string of the molecule is CCOC(=O)c1cnn(C=CC(C)(C)CON2C(=O)c3ccccc3C2=O)c1OCC(C)C. The van der Waals surface area contributed by atoms with Gasteiger partial charge in [-0.15, -0.1) is 5.06 Å². The number of amides is 2. The van der Waals surface area contributed by atoms with Gasteiger partial charge in [-0.1, -0.05) is 45.9 Å². The van der Waals surface area contributed by atoms with Gasteiger partial charge in [0.1, 0.15) is 5.56 Å². The van der Waals surface area contributed by atoms with Crippen molar-refractivity contribution in [3.63, 3.8) is 0 Å². The average molecular weight is 456 g/mol. The first-order valence-electron chi connectivity index (χ1n) is 10.8. The lowest BCUT2D eigenvalue weighted by atomic mass is 9.95. The highest BCUT2D eigenvalue weighted by molar-refractivity contribution is 6.20. The second kappa shape index (κ2) is 9.99. The van der Waals surface area contributed by atoms with E-state index < -0.39 is 23.2 Å². The molecule has 9 heteroatoms. The van der Waals surface area contributed by atoms with Crippen LogP contribution >= 0.6 is 0 Å². The number of aromatic nitrogens is 2. The molecule has 33 heavy (non-hydrogen) atoms. The first-order chi connectivity index (χ1) is 15.6. The van der Waals surface area contributed by atoms with Crippen LogP contribution in [-0.2, 0) is 9.57 Å². The molecule has 0 atom stereocenters. The van der Waals surface area contributed by atoms with Crippen LogP contribution in [0.15, 0.2) is 36.5 Å². The van der Waals surface area contributed by atoms with Crippen LogP contribution in [0.25, 0.3) is 6.20 Å². The van der Waals surface area contributed by atoms with E-state index in [2.05, 4.69) is 5.10 Å². The lowest BCUT2D eigenvalue weighted by Gasteiger charge is -2.23. The van der Waals surface area contributed by atoms with Crippen molar-refractivity contribution < 1.29 is 28.7 Å². The van der Waals surface area contributed by atoms with Gasteiger partial charge in [0.15, 0.2) is 0 Å². The number of benzene rings is 1. The first-order valence-corrected chi connectivity index (χ1v) is 10.8. The summed E-state index contributed by atoms with van der Waals surface area (Å²) >= 11 is 0. The van der Waals surface area contributed by atoms with Gasteiger partial charge >= 0.3 is 5.97 Å². The first kappa shape index (κ1) is 24.2. The summed E-state index contributed by atoms with van der Waals surface area (Å²) in [6.07, 6.45) is 4.86. The summed E-state index contributed by atoms with van der Waals surface area (Å²) < 4.78 is 12.4. The molecular weight excluding hydrogens is 426 g/mol. The molecule has 3 rings (SSSR count). The van der Waals surface area contributed by atoms with Crippen molar-refractivity contribution in [3.05, 3.63) is 53.2 Å². The Morgan fingerprint density at radius 2 is 1.79 bits per heavy atom. The van der Waals surface area contributed by atoms with E-state index in [4.69, 9.17) is 14.3 Å². The lowest BCUT2D eigenvalue weighted by molar-refractivity contribution is -0.109. The molecule has 0 radical (unpaired) electrons. The van der Waals surface area contributed by atoms with Crippen molar-refractivity contribution in [2.45, 2.75) is 34.6 Å². The van der Waals surface area contributed by atoms with Crippen LogP contribution in [-0.4, -0.2) is 52.4 Å². The van der Waals surface area contributed by atoms with E-state index in [0.29, 0.717) is 17.7 Å². The Morgan fingerprint density at radius 1 is 1.15 bits per heavy atom. The summed E-state index contributed by atoms with van der Waals surface area (Å²) in [5, 5.41) is 5.03. The molecule has 0 fully saturated rings. The molecule has 2 amide bonds. The van der Waals surface area contributed by atoms with Crippen molar-refractivity contribution in [1.29, 1.82) is 0 Å². The number of carbonyl (C=O) groups excluding carboxylic acids is 3. The Labute approximate surface area is 192 Å². The van der Waals surface area contributed by atoms with Gasteiger partial charge in [-0.05, 0) is 25.0 Å². The highest BCUT2D eigenvalue weighted by atomic mass is 16.7. The molecule has 0 saturated carbocycles. The van der Waals surface area contributed by atoms with Crippen LogP contribution in [0.4, 0.5) is 0 Å². The normalized spacial score (nSPS) is 13.8. The number of hydrogen-bond acceptors (Lipinski definition) is 7. The Morgan fingerprint density at radius 3 is 2.36 bits per heavy atom. The highest BCUT2D eigenvalue weighted by Gasteiger charge is 2.37. The third kappa shape index (κ3) is 5.48. The van der Waals surface area contributed by atoms with Crippen molar-refractivity contribution in [2.75, 3.05) is 19.8 Å². The second-order valence-corrected chi connectivity index (χ2v) is 8.76. The van der Waals surface area contributed by atoms with E-state index in [1.54, 1.807) is 43.5 Å². The summed E-state index contributed by atoms with van der Waals surface area (Å²) in [4.78, 5) is 42.8. The Balaban J connectivity index is 1.72. The standard InChI is InChI=1S/C24H29N3O6/c1-6-31-23(30)19-13-25-26(22(19)32-14-16(2)3)12-11-24(4,5)15-33-27-20(28)17-9-7-8-10-18(17)21(27)29/h7-13,16H,6,14-15H2,1-5H3. The summed E-state index contributed by atoms with van der Waals surface area (Å²) in [7, 11) is 0. The van der Waals surface area contributed by atoms with Gasteiger partial charge in [-0.2, -0.15) is 5.10 Å². The number of fused-ring (bicyclic) bond motifs is 1. The fourth-order valence-electron chi connectivity index (χ4n) is 3.03. The molecule has 0 N–H and O–H groups in total. The van der Waals surface area contributed by atoms with Gasteiger partial charge in [0.2, 0.25) is 5.88 Å². The largest absolute Gasteiger partial charge is 0.477 e. The zero-order valence-corrected chi connectivity index (χ0v) is 19.5. The number of imide groups is 1. The Bertz CT molecular complexity index is 1030. The number of ether oxygens (including phenoxy) is 2. The zero-order valence-electron chi connectivity index (χ0n) is 19.5. The number of nitrogens with zero attached hydrogens (tertiary/aromatic N) is 3. The number of hydroxylamine groups is 2. The topological polar surface area (TPSA) is 100.0 Å². The van der Waals surface area contributed by atoms with Gasteiger partial charge < -0.3 is 9.47 Å². The number of esters is 1. The summed E-state index contributed by atoms with van der Waals surface area (Å²) in [6.45, 7) is 10.2. The summed E-state index contributed by atoms with van der Waals surface area (Å²) in [6, 6.07) is 6.60. The van der Waals surface area contributed by atoms with Crippen LogP contribution in [0, 0.1) is 11.3 Å². The summed E-state index contributed by atoms with van der Waals surface area (Å²) in [5.41, 5.74) is 0.305. The smallest absolute Gasteiger partial charge is 0.345 e. The molecule has 1 aliphatic heterocycles. The molecule has 0 spiro atoms. The van der Waals surface area contributed by atoms with Gasteiger partial charge in [0.05, 0.1) is 37.1 Å². The minimum Gasteiger partial charge on any atom is -0.477 e. The van der Waals surface area contributed by atoms with E-state index in [1.165, 1.54) is 10.9 Å². The molecule has 0 aliphatic carbocycles. The highest BCUT2D eigenvalue weighted by Crippen LogP contribution is 2.27. The van der Waals surface area contributed by atoms with Crippen molar-refractivity contribution >= 4 is 24.0 Å². The van der Waals surface area contributed by atoms with Crippen LogP contribution in [0.2, 0.25) is 0 Å². The van der Waals surface area contributed by atoms with Gasteiger partial charge in [-0.3, -0.25) is 14.4 Å². The van der Waals surface area contributed by atoms with Crippen molar-refractivity contribution in [1.82, 2.24) is 14.8 Å². The van der Waals surface area contributed by atoms with Gasteiger partial charge in [0.25, 0.3) is 11.8 Å². The Kier molecular flexibility index (Phi) is 7.33. The molecule has 2 aromatic rings. The molecule has 2 heterocycles. The van der Waals surface area contributed by atoms with Gasteiger partial charge in [0, 0.05) is 11.6 Å². The third-order valence-electron chi connectivity index (χ3n) is 4.79. The molecule has 0 bridgehead atoms. The van der Waals surface area contributed by atoms with Crippen LogP contribution < -0.4 is 4.74 Å². The Hall–Kier alpha value is -3.46. The number of carbonyl (C=O) groups is 3. The van der Waals surface area contributed by atoms with E-state index in [1.807, 2.05) is 27.7 Å². The van der Waals surface area contributed by atoms with Crippen LogP contribution in [0.5, 0.6) is 5.88 Å². The fraction of sp³-hybridized carbons (Fsp3) is 0.417. The molecule has 0 saturated heterocycles. The third-order valence-corrected chi connectivity index (χ3v) is 4.79. The van der Waals surface area contributed by atoms with Gasteiger partial charge in [-0.25, -0.2) is 9.48 Å². The van der Waals surface area contributed by atoms with Crippen LogP contribution in [0.3, 0.4) is 0 Å². The minimum atomic E-state index is -0.583. The van der Waals surface area contributed by atoms with E-state index in [9.17, 15) is 14.4 Å². The van der Waals surface area contributed by atoms with E-state index in [0.717, 1.165) is 5.06 Å². The van der Waals surface area contributed by atoms with Crippen molar-refractivity contribution in [3.8, 4) is 5.88 Å². The summed E-state index contributed by atoms with van der Waals surface area (Å²) in [5.74, 6) is -0.937. The van der Waals surface area contributed by atoms with E-state index in [-0.39, 0.29) is 30.6 Å². The quantitative estimate of drug-likeness (QED) is 0.397. The average Bonchev–Trinajstić information content (AvgIpc) is 3.29. The maximum atomic E-state index is 12.5. The molecule has 1 aromatic heterocycles. The predicted octanol–water partition coefficient (Wildman–Crippen LogP) is 3.82. The molecule has 1 aliphatic rings. The van der Waals surface area contributed by atoms with E-state index >= 15 is 0 Å². The maximum Gasteiger partial charge on any atom is 0.345 e. The molecule has 176 valence electrons. The predicted molar refractivity (Wildman–Crippen MR) is 121 cm³/mol. The number of rotatable bonds is 10. The molecule has 1 aromatic carbocycles. The number of hydrogen-bond donors (Lipinski definition) is 0. The molecular formula is C24H29N3O6. The minimum absolute atomic E-state index is 0.0587. The monoisotopic (exact) mass is 455 g/mol. The van der Waals surface area contributed by atoms with Crippen LogP contribution in [0.1, 0.15) is 65.7 Å². The molecule has 0 unspecified atom stereocenters. The van der Waals surface area contributed by atoms with Crippen molar-refractivity contribution in [2.24, 2.45) is 11.3 Å². The second-order valence-electron chi connectivity index (χ2n) is 8.76. The fourth-order valence-corrected chi connectivity index (χ4v) is 3.03. The zero-order chi connectivity index (χ0) is 24.2. The maximum absolute atomic E-state index is 12.5. The lowest BCUT2D eigenvalue weighted by Crippen LogP contribution is -2.33.